The summed E-state index contributed by atoms with van der Waals surface area (Å²) >= 11 is 6.19. The van der Waals surface area contributed by atoms with Gasteiger partial charge in [-0.05, 0) is 68.6 Å². The van der Waals surface area contributed by atoms with Gasteiger partial charge in [-0.15, -0.1) is 10.2 Å². The maximum absolute atomic E-state index is 12.4. The Labute approximate surface area is 198 Å². The Kier molecular flexibility index (Phi) is 7.30. The molecule has 0 aliphatic carbocycles. The third-order valence-corrected chi connectivity index (χ3v) is 6.45. The van der Waals surface area contributed by atoms with Crippen LogP contribution in [0.5, 0.6) is 11.6 Å². The number of hydrogen-bond acceptors (Lipinski definition) is 5. The monoisotopic (exact) mass is 468 g/mol. The first-order valence-corrected chi connectivity index (χ1v) is 11.7. The Morgan fingerprint density at radius 1 is 1.18 bits per heavy atom. The average Bonchev–Trinajstić information content (AvgIpc) is 3.09. The molecule has 33 heavy (non-hydrogen) atoms. The lowest BCUT2D eigenvalue weighted by Gasteiger charge is -2.27. The number of amides is 1. The molecule has 1 amide bonds. The van der Waals surface area contributed by atoms with Crippen molar-refractivity contribution in [3.8, 4) is 11.6 Å². The highest BCUT2D eigenvalue weighted by molar-refractivity contribution is 6.31. The normalized spacial score (nSPS) is 14.9. The molecule has 174 valence electrons. The largest absolute Gasteiger partial charge is 0.493 e. The van der Waals surface area contributed by atoms with Gasteiger partial charge in [0.05, 0.1) is 12.2 Å². The number of carbonyl (C=O) groups is 1. The molecule has 2 aromatic carbocycles. The molecule has 4 rings (SSSR count). The number of piperidine rings is 1. The van der Waals surface area contributed by atoms with Crippen molar-refractivity contribution in [1.29, 1.82) is 0 Å². The summed E-state index contributed by atoms with van der Waals surface area (Å²) in [5.74, 6) is 0.0988. The molecule has 8 heteroatoms. The highest BCUT2D eigenvalue weighted by Gasteiger charge is 2.20. The van der Waals surface area contributed by atoms with Crippen molar-refractivity contribution in [2.75, 3.05) is 19.7 Å². The minimum Gasteiger partial charge on any atom is -0.493 e. The summed E-state index contributed by atoms with van der Waals surface area (Å²) in [6, 6.07) is 11.3. The molecule has 0 radical (unpaired) electrons. The van der Waals surface area contributed by atoms with Gasteiger partial charge in [-0.25, -0.2) is 0 Å². The maximum atomic E-state index is 12.4. The van der Waals surface area contributed by atoms with E-state index in [0.29, 0.717) is 23.1 Å². The van der Waals surface area contributed by atoms with Gasteiger partial charge in [-0.1, -0.05) is 43.1 Å². The molecule has 0 bridgehead atoms. The van der Waals surface area contributed by atoms with Crippen molar-refractivity contribution < 1.29 is 14.6 Å². The molecule has 0 saturated carbocycles. The van der Waals surface area contributed by atoms with Gasteiger partial charge < -0.3 is 9.84 Å². The predicted octanol–water partition coefficient (Wildman–Crippen LogP) is 6.00. The zero-order chi connectivity index (χ0) is 23.4. The number of aromatic hydroxyl groups is 1. The molecular weight excluding hydrogens is 440 g/mol. The van der Waals surface area contributed by atoms with Crippen LogP contribution in [0.25, 0.3) is 10.9 Å². The molecule has 0 atom stereocenters. The van der Waals surface area contributed by atoms with Crippen LogP contribution in [-0.2, 0) is 17.9 Å². The molecule has 2 heterocycles. The van der Waals surface area contributed by atoms with Crippen molar-refractivity contribution >= 4 is 34.1 Å². The van der Waals surface area contributed by atoms with Gasteiger partial charge in [0, 0.05) is 10.4 Å². The van der Waals surface area contributed by atoms with Gasteiger partial charge >= 0.3 is 5.91 Å². The van der Waals surface area contributed by atoms with Crippen molar-refractivity contribution in [2.45, 2.75) is 46.2 Å². The van der Waals surface area contributed by atoms with Crippen molar-refractivity contribution in [2.24, 2.45) is 10.2 Å². The smallest absolute Gasteiger partial charge is 0.302 e. The molecule has 1 aliphatic rings. The molecule has 0 unspecified atom stereocenters. The van der Waals surface area contributed by atoms with Gasteiger partial charge in [-0.3, -0.25) is 14.3 Å². The zero-order valence-electron chi connectivity index (χ0n) is 19.1. The van der Waals surface area contributed by atoms with E-state index in [1.807, 2.05) is 54.8 Å². The Morgan fingerprint density at radius 3 is 2.70 bits per heavy atom. The van der Waals surface area contributed by atoms with Crippen molar-refractivity contribution in [3.05, 3.63) is 52.5 Å². The predicted molar refractivity (Wildman–Crippen MR) is 130 cm³/mol. The average molecular weight is 469 g/mol. The number of benzene rings is 2. The fourth-order valence-corrected chi connectivity index (χ4v) is 4.38. The summed E-state index contributed by atoms with van der Waals surface area (Å²) in [5.41, 5.74) is 2.97. The highest BCUT2D eigenvalue weighted by atomic mass is 35.5. The molecule has 7 nitrogen and oxygen atoms in total. The third kappa shape index (κ3) is 5.20. The summed E-state index contributed by atoms with van der Waals surface area (Å²) in [7, 11) is 0. The lowest BCUT2D eigenvalue weighted by atomic mass is 10.1. The molecule has 1 fully saturated rings. The SMILES string of the molecule is CCc1cc(Cl)c(C)cc1OCC(=O)N=Nc1c(O)n(CN2CCCCC2)c2ccccc12. The standard InChI is InChI=1S/C25H29ClN4O3/c1-3-18-14-20(26)17(2)13-22(18)33-15-23(31)27-28-24-19-9-5-6-10-21(19)30(25(24)32)16-29-11-7-4-8-12-29/h5-6,9-10,13-14,32H,3-4,7-8,11-12,15-16H2,1-2H3. The number of carbonyl (C=O) groups excluding carboxylic acids is 1. The van der Waals surface area contributed by atoms with E-state index in [-0.39, 0.29) is 12.5 Å². The molecule has 1 aromatic heterocycles. The van der Waals surface area contributed by atoms with E-state index in [4.69, 9.17) is 16.3 Å². The summed E-state index contributed by atoms with van der Waals surface area (Å²) in [6.45, 7) is 6.22. The van der Waals surface area contributed by atoms with Gasteiger partial charge in [-0.2, -0.15) is 0 Å². The Bertz CT molecular complexity index is 1180. The van der Waals surface area contributed by atoms with E-state index in [2.05, 4.69) is 15.1 Å². The van der Waals surface area contributed by atoms with Gasteiger partial charge in [0.15, 0.2) is 12.3 Å². The lowest BCUT2D eigenvalue weighted by Crippen LogP contribution is -2.31. The van der Waals surface area contributed by atoms with Gasteiger partial charge in [0.25, 0.3) is 0 Å². The Morgan fingerprint density at radius 2 is 1.94 bits per heavy atom. The number of aromatic nitrogens is 1. The zero-order valence-corrected chi connectivity index (χ0v) is 19.8. The number of aryl methyl sites for hydroxylation is 2. The number of hydrogen-bond donors (Lipinski definition) is 1. The topological polar surface area (TPSA) is 79.4 Å². The van der Waals surface area contributed by atoms with Crippen LogP contribution >= 0.6 is 11.6 Å². The molecule has 3 aromatic rings. The molecule has 0 spiro atoms. The number of nitrogens with zero attached hydrogens (tertiary/aromatic N) is 4. The van der Waals surface area contributed by atoms with Crippen LogP contribution in [0.4, 0.5) is 5.69 Å². The van der Waals surface area contributed by atoms with Gasteiger partial charge in [0.1, 0.15) is 5.75 Å². The summed E-state index contributed by atoms with van der Waals surface area (Å²) in [5, 5.41) is 20.3. The number of likely N-dealkylation sites (tertiary alicyclic amines) is 1. The van der Waals surface area contributed by atoms with Crippen LogP contribution in [0.15, 0.2) is 46.6 Å². The van der Waals surface area contributed by atoms with E-state index < -0.39 is 5.91 Å². The van der Waals surface area contributed by atoms with Crippen LogP contribution in [-0.4, -0.2) is 40.2 Å². The first kappa shape index (κ1) is 23.3. The maximum Gasteiger partial charge on any atom is 0.302 e. The lowest BCUT2D eigenvalue weighted by molar-refractivity contribution is -0.120. The van der Waals surface area contributed by atoms with E-state index in [1.54, 1.807) is 0 Å². The second kappa shape index (κ2) is 10.4. The summed E-state index contributed by atoms with van der Waals surface area (Å²) in [4.78, 5) is 14.7. The molecule has 1 N–H and O–H groups in total. The van der Waals surface area contributed by atoms with E-state index >= 15 is 0 Å². The van der Waals surface area contributed by atoms with Crippen LogP contribution < -0.4 is 4.74 Å². The third-order valence-electron chi connectivity index (χ3n) is 6.04. The van der Waals surface area contributed by atoms with Crippen LogP contribution in [0.1, 0.15) is 37.3 Å². The number of ether oxygens (including phenoxy) is 1. The van der Waals surface area contributed by atoms with Crippen LogP contribution in [0, 0.1) is 6.92 Å². The van der Waals surface area contributed by atoms with Crippen LogP contribution in [0.3, 0.4) is 0 Å². The number of halogens is 1. The van der Waals surface area contributed by atoms with E-state index in [1.165, 1.54) is 6.42 Å². The Hall–Kier alpha value is -2.90. The van der Waals surface area contributed by atoms with Gasteiger partial charge in [0.2, 0.25) is 5.88 Å². The fraction of sp³-hybridized carbons (Fsp3) is 0.400. The number of rotatable bonds is 7. The highest BCUT2D eigenvalue weighted by Crippen LogP contribution is 2.39. The number of fused-ring (bicyclic) bond motifs is 1. The minimum absolute atomic E-state index is 0.0147. The molecular formula is C25H29ClN4O3. The molecule has 1 saturated heterocycles. The minimum atomic E-state index is -0.531. The van der Waals surface area contributed by atoms with E-state index in [0.717, 1.165) is 54.4 Å². The molecule has 1 aliphatic heterocycles. The van der Waals surface area contributed by atoms with Crippen molar-refractivity contribution in [3.63, 3.8) is 0 Å². The second-order valence-corrected chi connectivity index (χ2v) is 8.79. The fourth-order valence-electron chi connectivity index (χ4n) is 4.20. The van der Waals surface area contributed by atoms with Crippen LogP contribution in [0.2, 0.25) is 5.02 Å². The Balaban J connectivity index is 1.51. The first-order chi connectivity index (χ1) is 16.0. The van der Waals surface area contributed by atoms with E-state index in [9.17, 15) is 9.90 Å². The number of para-hydroxylation sites is 1. The first-order valence-electron chi connectivity index (χ1n) is 11.4. The number of azo groups is 1. The second-order valence-electron chi connectivity index (χ2n) is 8.38. The van der Waals surface area contributed by atoms with Crippen molar-refractivity contribution in [1.82, 2.24) is 9.47 Å². The summed E-state index contributed by atoms with van der Waals surface area (Å²) < 4.78 is 7.53. The summed E-state index contributed by atoms with van der Waals surface area (Å²) in [6.07, 6.45) is 4.30. The quantitative estimate of drug-likeness (QED) is 0.431.